The normalized spacial score (nSPS) is 18.1. The number of hydrogen-bond acceptors (Lipinski definition) is 2. The minimum Gasteiger partial charge on any atom is -0.378 e. The molecule has 1 aliphatic rings. The van der Waals surface area contributed by atoms with Crippen LogP contribution in [-0.2, 0) is 4.74 Å². The topological polar surface area (TPSA) is 77.9 Å². The van der Waals surface area contributed by atoms with E-state index in [1.807, 2.05) is 4.90 Å². The molecule has 0 unspecified atom stereocenters. The number of morpholine rings is 1. The van der Waals surface area contributed by atoms with Crippen molar-refractivity contribution in [1.29, 1.82) is 5.41 Å². The Balaban J connectivity index is 2.51. The maximum Gasteiger partial charge on any atom is 0.221 e. The van der Waals surface area contributed by atoms with Crippen molar-refractivity contribution >= 4 is 11.9 Å². The van der Waals surface area contributed by atoms with Crippen molar-refractivity contribution in [2.45, 2.75) is 0 Å². The molecular formula is C8H17N5O. The Morgan fingerprint density at radius 3 is 2.50 bits per heavy atom. The van der Waals surface area contributed by atoms with Crippen LogP contribution < -0.4 is 5.73 Å². The van der Waals surface area contributed by atoms with Crippen LogP contribution in [0.5, 0.6) is 0 Å². The number of ether oxygens (including phenoxy) is 1. The van der Waals surface area contributed by atoms with Crippen molar-refractivity contribution in [2.24, 2.45) is 10.7 Å². The molecule has 1 fully saturated rings. The highest BCUT2D eigenvalue weighted by atomic mass is 16.5. The van der Waals surface area contributed by atoms with Gasteiger partial charge in [0.1, 0.15) is 0 Å². The van der Waals surface area contributed by atoms with E-state index >= 15 is 0 Å². The third-order valence-electron chi connectivity index (χ3n) is 1.99. The van der Waals surface area contributed by atoms with Crippen LogP contribution in [0, 0.1) is 5.41 Å². The Morgan fingerprint density at radius 1 is 1.43 bits per heavy atom. The van der Waals surface area contributed by atoms with E-state index in [0.29, 0.717) is 32.3 Å². The summed E-state index contributed by atoms with van der Waals surface area (Å²) >= 11 is 0. The van der Waals surface area contributed by atoms with Gasteiger partial charge in [0.05, 0.1) is 13.2 Å². The Morgan fingerprint density at radius 2 is 2.00 bits per heavy atom. The highest BCUT2D eigenvalue weighted by Crippen LogP contribution is 1.98. The monoisotopic (exact) mass is 199 g/mol. The fourth-order valence-corrected chi connectivity index (χ4v) is 1.05. The minimum absolute atomic E-state index is 0.208. The largest absolute Gasteiger partial charge is 0.378 e. The van der Waals surface area contributed by atoms with E-state index in [-0.39, 0.29) is 5.96 Å². The molecule has 0 aromatic rings. The van der Waals surface area contributed by atoms with Gasteiger partial charge in [-0.25, -0.2) is 0 Å². The van der Waals surface area contributed by atoms with Crippen LogP contribution in [0.3, 0.4) is 0 Å². The molecule has 6 heteroatoms. The van der Waals surface area contributed by atoms with Crippen LogP contribution in [0.15, 0.2) is 4.99 Å². The molecule has 0 atom stereocenters. The predicted octanol–water partition coefficient (Wildman–Crippen LogP) is -0.870. The van der Waals surface area contributed by atoms with Crippen LogP contribution in [0.4, 0.5) is 0 Å². The van der Waals surface area contributed by atoms with E-state index in [0.717, 1.165) is 0 Å². The van der Waals surface area contributed by atoms with Crippen molar-refractivity contribution < 1.29 is 4.74 Å². The van der Waals surface area contributed by atoms with Gasteiger partial charge in [-0.2, -0.15) is 4.99 Å². The zero-order chi connectivity index (χ0) is 10.6. The second-order valence-electron chi connectivity index (χ2n) is 3.29. The Labute approximate surface area is 83.8 Å². The molecule has 0 radical (unpaired) electrons. The van der Waals surface area contributed by atoms with Gasteiger partial charge in [-0.05, 0) is 0 Å². The average molecular weight is 199 g/mol. The van der Waals surface area contributed by atoms with Gasteiger partial charge in [0.2, 0.25) is 5.96 Å². The van der Waals surface area contributed by atoms with E-state index in [1.165, 1.54) is 0 Å². The molecule has 1 rings (SSSR count). The fourth-order valence-electron chi connectivity index (χ4n) is 1.05. The first-order valence-corrected chi connectivity index (χ1v) is 4.54. The number of nitrogens with one attached hydrogen (secondary N) is 1. The summed E-state index contributed by atoms with van der Waals surface area (Å²) in [5.74, 6) is 0.556. The third-order valence-corrected chi connectivity index (χ3v) is 1.99. The summed E-state index contributed by atoms with van der Waals surface area (Å²) in [6.07, 6.45) is 0. The van der Waals surface area contributed by atoms with Gasteiger partial charge in [-0.15, -0.1) is 0 Å². The van der Waals surface area contributed by atoms with Gasteiger partial charge in [0.15, 0.2) is 5.96 Å². The summed E-state index contributed by atoms with van der Waals surface area (Å²) in [6.45, 7) is 2.73. The van der Waals surface area contributed by atoms with Crippen LogP contribution in [0.2, 0.25) is 0 Å². The summed E-state index contributed by atoms with van der Waals surface area (Å²) in [6, 6.07) is 0. The minimum atomic E-state index is 0.208. The van der Waals surface area contributed by atoms with Crippen LogP contribution in [0.25, 0.3) is 0 Å². The maximum absolute atomic E-state index is 7.68. The summed E-state index contributed by atoms with van der Waals surface area (Å²) < 4.78 is 5.17. The Hall–Kier alpha value is -1.30. The fraction of sp³-hybridized carbons (Fsp3) is 0.750. The molecule has 0 aromatic carbocycles. The molecule has 0 amide bonds. The Kier molecular flexibility index (Phi) is 3.70. The SMILES string of the molecule is CN(C)/C(N)=N/C(=N)N1CCOCC1. The Bertz CT molecular complexity index is 232. The molecule has 6 nitrogen and oxygen atoms in total. The van der Waals surface area contributed by atoms with Crippen molar-refractivity contribution in [3.8, 4) is 0 Å². The molecule has 0 aromatic heterocycles. The van der Waals surface area contributed by atoms with Crippen LogP contribution >= 0.6 is 0 Å². The quantitative estimate of drug-likeness (QED) is 0.393. The lowest BCUT2D eigenvalue weighted by molar-refractivity contribution is 0.0672. The van der Waals surface area contributed by atoms with Crippen LogP contribution in [-0.4, -0.2) is 62.1 Å². The highest BCUT2D eigenvalue weighted by molar-refractivity contribution is 5.92. The molecule has 0 saturated carbocycles. The van der Waals surface area contributed by atoms with Gasteiger partial charge in [0, 0.05) is 27.2 Å². The summed E-state index contributed by atoms with van der Waals surface area (Å²) in [5, 5.41) is 7.68. The number of hydrogen-bond donors (Lipinski definition) is 2. The van der Waals surface area contributed by atoms with E-state index in [4.69, 9.17) is 15.9 Å². The number of guanidine groups is 2. The second kappa shape index (κ2) is 4.80. The lowest BCUT2D eigenvalue weighted by Gasteiger charge is -2.27. The number of nitrogens with zero attached hydrogens (tertiary/aromatic N) is 3. The molecule has 1 saturated heterocycles. The molecule has 0 bridgehead atoms. The van der Waals surface area contributed by atoms with Gasteiger partial charge in [-0.1, -0.05) is 0 Å². The van der Waals surface area contributed by atoms with Crippen molar-refractivity contribution in [3.63, 3.8) is 0 Å². The predicted molar refractivity (Wildman–Crippen MR) is 55.4 cm³/mol. The summed E-state index contributed by atoms with van der Waals surface area (Å²) in [7, 11) is 3.59. The van der Waals surface area contributed by atoms with Gasteiger partial charge in [0.25, 0.3) is 0 Å². The zero-order valence-electron chi connectivity index (χ0n) is 8.66. The molecule has 0 aliphatic carbocycles. The van der Waals surface area contributed by atoms with Crippen molar-refractivity contribution in [2.75, 3.05) is 40.4 Å². The molecule has 1 aliphatic heterocycles. The van der Waals surface area contributed by atoms with E-state index < -0.39 is 0 Å². The first-order valence-electron chi connectivity index (χ1n) is 4.54. The second-order valence-corrected chi connectivity index (χ2v) is 3.29. The number of aliphatic imine (C=N–C) groups is 1. The molecule has 14 heavy (non-hydrogen) atoms. The van der Waals surface area contributed by atoms with Crippen LogP contribution in [0.1, 0.15) is 0 Å². The van der Waals surface area contributed by atoms with Gasteiger partial charge >= 0.3 is 0 Å². The van der Waals surface area contributed by atoms with Gasteiger partial charge < -0.3 is 20.3 Å². The smallest absolute Gasteiger partial charge is 0.221 e. The number of rotatable bonds is 0. The molecule has 3 N–H and O–H groups in total. The first-order chi connectivity index (χ1) is 6.61. The zero-order valence-corrected chi connectivity index (χ0v) is 8.66. The average Bonchev–Trinajstić information content (AvgIpc) is 2.19. The van der Waals surface area contributed by atoms with Gasteiger partial charge in [-0.3, -0.25) is 5.41 Å². The lowest BCUT2D eigenvalue weighted by Crippen LogP contribution is -2.41. The van der Waals surface area contributed by atoms with Crippen molar-refractivity contribution in [3.05, 3.63) is 0 Å². The lowest BCUT2D eigenvalue weighted by atomic mass is 10.4. The third kappa shape index (κ3) is 2.88. The molecular weight excluding hydrogens is 182 g/mol. The van der Waals surface area contributed by atoms with E-state index in [1.54, 1.807) is 19.0 Å². The maximum atomic E-state index is 7.68. The number of nitrogens with two attached hydrogens (primary N) is 1. The first kappa shape index (κ1) is 10.8. The summed E-state index contributed by atoms with van der Waals surface area (Å²) in [5.41, 5.74) is 5.60. The van der Waals surface area contributed by atoms with Crippen molar-refractivity contribution in [1.82, 2.24) is 9.80 Å². The standard InChI is InChI=1S/C8H17N5O/c1-12(2)7(9)11-8(10)13-3-5-14-6-4-13/h3-6H2,1-2H3,(H3,9,10,11). The molecule has 80 valence electrons. The molecule has 1 heterocycles. The highest BCUT2D eigenvalue weighted by Gasteiger charge is 2.13. The summed E-state index contributed by atoms with van der Waals surface area (Å²) in [4.78, 5) is 7.50. The van der Waals surface area contributed by atoms with E-state index in [9.17, 15) is 0 Å². The molecule has 0 spiro atoms. The van der Waals surface area contributed by atoms with E-state index in [2.05, 4.69) is 4.99 Å².